The number of hydrogen-bond donors (Lipinski definition) is 13. The van der Waals surface area contributed by atoms with Gasteiger partial charge >= 0.3 is 0 Å². The number of nitrogens with zero attached hydrogens (tertiary/aromatic N) is 6. The second-order valence-corrected chi connectivity index (χ2v) is 24.9. The van der Waals surface area contributed by atoms with Crippen LogP contribution in [-0.4, -0.2) is 240 Å². The van der Waals surface area contributed by atoms with Crippen molar-refractivity contribution in [2.24, 2.45) is 11.7 Å². The van der Waals surface area contributed by atoms with Gasteiger partial charge in [-0.15, -0.1) is 10.2 Å². The van der Waals surface area contributed by atoms with E-state index < -0.39 is 152 Å². The van der Waals surface area contributed by atoms with Crippen LogP contribution in [0.1, 0.15) is 81.1 Å². The highest BCUT2D eigenvalue weighted by atomic mass is 32.1. The number of anilines is 1. The largest absolute Gasteiger partial charge is 0.504 e. The number of carbonyl (C=O) groups excluding carboxylic acids is 7. The number of fused-ring (bicyclic) bond motifs is 2. The van der Waals surface area contributed by atoms with Crippen LogP contribution in [0.3, 0.4) is 0 Å². The molecule has 4 saturated heterocycles. The van der Waals surface area contributed by atoms with Crippen molar-refractivity contribution in [1.29, 1.82) is 0 Å². The second-order valence-electron chi connectivity index (χ2n) is 23.9. The summed E-state index contributed by atoms with van der Waals surface area (Å²) in [5.41, 5.74) is 8.80. The second kappa shape index (κ2) is 29.5. The minimum atomic E-state index is -2.02. The molecule has 5 fully saturated rings. The van der Waals surface area contributed by atoms with E-state index >= 15 is 0 Å². The molecule has 1 aliphatic carbocycles. The lowest BCUT2D eigenvalue weighted by atomic mass is 9.94. The van der Waals surface area contributed by atoms with Gasteiger partial charge in [-0.25, -0.2) is 0 Å². The molecule has 4 aromatic rings. The quantitative estimate of drug-likeness (QED) is 0.0672. The normalized spacial score (nSPS) is 27.7. The van der Waals surface area contributed by atoms with E-state index in [1.54, 1.807) is 19.1 Å². The molecule has 482 valence electrons. The third-order valence-corrected chi connectivity index (χ3v) is 18.6. The number of carbonyl (C=O) groups is 7. The summed E-state index contributed by atoms with van der Waals surface area (Å²) in [6.45, 7) is 5.07. The van der Waals surface area contributed by atoms with Crippen molar-refractivity contribution in [3.8, 4) is 32.6 Å². The highest BCUT2D eigenvalue weighted by molar-refractivity contribution is 7.17. The van der Waals surface area contributed by atoms with Crippen LogP contribution in [0.5, 0.6) is 11.5 Å². The topological polar surface area (TPSA) is 395 Å². The number of benzene rings is 3. The van der Waals surface area contributed by atoms with Gasteiger partial charge in [0.25, 0.3) is 5.91 Å². The van der Waals surface area contributed by atoms with E-state index in [0.29, 0.717) is 21.6 Å². The number of phenols is 1. The van der Waals surface area contributed by atoms with Gasteiger partial charge in [-0.2, -0.15) is 0 Å². The van der Waals surface area contributed by atoms with Crippen LogP contribution in [0.4, 0.5) is 5.69 Å². The first kappa shape index (κ1) is 66.0. The van der Waals surface area contributed by atoms with E-state index in [0.717, 1.165) is 54.2 Å². The molecule has 27 nitrogen and oxygen atoms in total. The van der Waals surface area contributed by atoms with Crippen molar-refractivity contribution in [1.82, 2.24) is 51.5 Å². The van der Waals surface area contributed by atoms with Crippen molar-refractivity contribution in [2.45, 2.75) is 151 Å². The number of nitrogens with two attached hydrogens (primary N) is 1. The Balaban J connectivity index is 0.953. The number of aromatic hydroxyl groups is 1. The molecule has 3 aromatic carbocycles. The van der Waals surface area contributed by atoms with Crippen LogP contribution in [0.15, 0.2) is 66.7 Å². The van der Waals surface area contributed by atoms with Crippen molar-refractivity contribution in [2.75, 3.05) is 64.4 Å². The summed E-state index contributed by atoms with van der Waals surface area (Å²) in [4.78, 5) is 108. The van der Waals surface area contributed by atoms with Crippen LogP contribution in [0, 0.1) is 5.92 Å². The molecular formula is C61H82N12O15S. The first-order valence-corrected chi connectivity index (χ1v) is 31.2. The Bertz CT molecular complexity index is 3140. The SMILES string of the molecule is COc1cc(C[C@@H](O)[C@@H]2NC(=O)[C@@H]3C[C@@H](O)CN3C(=O)[C@H]([C@@H](C)O)NC(=O)[C@@H](NC(=O)c3ccc(-c4nnc(-c5ccc(N6CCN(C7CCCCC7)CC6)cc5)s4)cc3)C[C@@H](O)CNC(=O)[C@@H]3[C@@H](O)[C@@H](C)CN3C(=O)[C@H]([C@H](O)CCN)NC2=O)ccc1O. The third kappa shape index (κ3) is 15.6. The number of phenolic OH excluding ortho intramolecular Hbond substituents is 1. The first-order chi connectivity index (χ1) is 42.6. The Morgan fingerprint density at radius 2 is 1.37 bits per heavy atom. The number of rotatable bonds is 14. The minimum absolute atomic E-state index is 0.00109. The van der Waals surface area contributed by atoms with Crippen molar-refractivity contribution in [3.05, 3.63) is 77.9 Å². The summed E-state index contributed by atoms with van der Waals surface area (Å²) in [6.07, 6.45) is -5.17. The molecule has 0 unspecified atom stereocenters. The smallest absolute Gasteiger partial charge is 0.251 e. The van der Waals surface area contributed by atoms with Gasteiger partial charge in [-0.05, 0) is 86.8 Å². The molecule has 5 heterocycles. The third-order valence-electron chi connectivity index (χ3n) is 17.6. The zero-order chi connectivity index (χ0) is 63.8. The predicted molar refractivity (Wildman–Crippen MR) is 325 cm³/mol. The van der Waals surface area contributed by atoms with Crippen LogP contribution >= 0.6 is 11.3 Å². The monoisotopic (exact) mass is 1250 g/mol. The Morgan fingerprint density at radius 1 is 0.742 bits per heavy atom. The number of nitrogens with one attached hydrogen (secondary N) is 5. The average molecular weight is 1260 g/mol. The Labute approximate surface area is 519 Å². The molecule has 89 heavy (non-hydrogen) atoms. The van der Waals surface area contributed by atoms with Gasteiger partial charge in [0, 0.05) is 99.4 Å². The average Bonchev–Trinajstić information content (AvgIpc) is 2.09. The zero-order valence-corrected chi connectivity index (χ0v) is 50.8. The van der Waals surface area contributed by atoms with Crippen molar-refractivity contribution in [3.63, 3.8) is 0 Å². The van der Waals surface area contributed by atoms with Crippen LogP contribution < -0.4 is 42.0 Å². The summed E-state index contributed by atoms with van der Waals surface area (Å²) >= 11 is 1.36. The first-order valence-electron chi connectivity index (χ1n) is 30.4. The molecule has 0 bridgehead atoms. The Kier molecular flexibility index (Phi) is 21.9. The molecular weight excluding hydrogens is 1170 g/mol. The number of hydrogen-bond acceptors (Lipinski definition) is 21. The molecule has 4 aliphatic heterocycles. The summed E-state index contributed by atoms with van der Waals surface area (Å²) < 4.78 is 5.20. The number of aliphatic hydroxyl groups excluding tert-OH is 6. The van der Waals surface area contributed by atoms with Gasteiger partial charge in [0.05, 0.1) is 43.7 Å². The van der Waals surface area contributed by atoms with Gasteiger partial charge in [0.1, 0.15) is 46.3 Å². The molecule has 0 spiro atoms. The lowest BCUT2D eigenvalue weighted by Crippen LogP contribution is -2.64. The number of aliphatic hydroxyl groups is 6. The minimum Gasteiger partial charge on any atom is -0.504 e. The molecule has 9 rings (SSSR count). The van der Waals surface area contributed by atoms with Gasteiger partial charge in [0.15, 0.2) is 11.5 Å². The van der Waals surface area contributed by atoms with E-state index in [2.05, 4.69) is 58.7 Å². The van der Waals surface area contributed by atoms with E-state index in [9.17, 15) is 69.3 Å². The van der Waals surface area contributed by atoms with Crippen LogP contribution in [-0.2, 0) is 35.2 Å². The highest BCUT2D eigenvalue weighted by Crippen LogP contribution is 2.33. The van der Waals surface area contributed by atoms with Gasteiger partial charge in [0.2, 0.25) is 35.4 Å². The fourth-order valence-electron chi connectivity index (χ4n) is 12.5. The zero-order valence-electron chi connectivity index (χ0n) is 50.0. The van der Waals surface area contributed by atoms with Gasteiger partial charge in [-0.3, -0.25) is 38.5 Å². The standard InChI is InChI=1S/C61H82N12O15S/c1-32-30-73-51(52(32)80)57(85)63-29-40(75)27-42(64-53(81)35-10-12-36(13-11-35)58-68-69-59(89-58)37-14-16-39(17-15-37)71-23-21-70(22-24-71)38-7-5-4-6-8-38)54(82)65-48(33(2)74)60(86)72-31-41(76)28-43(72)55(83)66-49(56(84)67-50(61(73)87)45(78)19-20-62)46(79)25-34-9-18-44(77)47(26-34)88-3/h9-18,26,32-33,38,40-43,45-46,48-52,74-80H,4-8,19-25,27-31,62H2,1-3H3,(H,63,85)(H,64,81)(H,65,82)(H,66,83)(H,67,84)/t32-,33+,40+,41+,42-,43-,45+,46+,48-,49-,50-,51-,52-/m0/s1. The maximum atomic E-state index is 14.7. The summed E-state index contributed by atoms with van der Waals surface area (Å²) in [5.74, 6) is -8.49. The van der Waals surface area contributed by atoms with E-state index in [-0.39, 0.29) is 42.1 Å². The summed E-state index contributed by atoms with van der Waals surface area (Å²) in [5, 5.41) is 101. The lowest BCUT2D eigenvalue weighted by Gasteiger charge is -2.41. The number of β-amino-alcohol motifs (C(OH)–C–C–N with tert-alkyl or cyclic N) is 1. The molecule has 7 amide bonds. The number of aromatic nitrogens is 2. The number of piperazine rings is 1. The molecule has 1 aromatic heterocycles. The van der Waals surface area contributed by atoms with E-state index in [4.69, 9.17) is 10.5 Å². The lowest BCUT2D eigenvalue weighted by molar-refractivity contribution is -0.147. The molecule has 0 radical (unpaired) electrons. The maximum absolute atomic E-state index is 14.7. The number of amides is 7. The Hall–Kier alpha value is -7.41. The molecule has 5 aliphatic rings. The number of ether oxygens (including phenoxy) is 1. The van der Waals surface area contributed by atoms with Crippen molar-refractivity contribution >= 4 is 58.4 Å². The highest BCUT2D eigenvalue weighted by Gasteiger charge is 2.50. The Morgan fingerprint density at radius 3 is 2.01 bits per heavy atom. The van der Waals surface area contributed by atoms with E-state index in [1.165, 1.54) is 80.9 Å². The van der Waals surface area contributed by atoms with Gasteiger partial charge < -0.3 is 87.5 Å². The van der Waals surface area contributed by atoms with Crippen LogP contribution in [0.25, 0.3) is 21.1 Å². The van der Waals surface area contributed by atoms with E-state index in [1.807, 2.05) is 12.1 Å². The molecule has 1 saturated carbocycles. The predicted octanol–water partition coefficient (Wildman–Crippen LogP) is -1.66. The number of methoxy groups -OCH3 is 1. The fraction of sp³-hybridized carbons (Fsp3) is 0.557. The van der Waals surface area contributed by atoms with Crippen LogP contribution in [0.2, 0.25) is 0 Å². The maximum Gasteiger partial charge on any atom is 0.251 e. The summed E-state index contributed by atoms with van der Waals surface area (Å²) in [6, 6.07) is 8.37. The molecule has 14 N–H and O–H groups in total. The molecule has 28 heteroatoms. The summed E-state index contributed by atoms with van der Waals surface area (Å²) in [7, 11) is 1.28. The molecule has 13 atom stereocenters. The van der Waals surface area contributed by atoms with Gasteiger partial charge in [-0.1, -0.05) is 55.7 Å². The fourth-order valence-corrected chi connectivity index (χ4v) is 13.4. The van der Waals surface area contributed by atoms with Crippen molar-refractivity contribution < 1.29 is 74.0 Å².